The van der Waals surface area contributed by atoms with Crippen LogP contribution in [-0.4, -0.2) is 25.5 Å². The van der Waals surface area contributed by atoms with E-state index in [0.717, 1.165) is 12.1 Å². The first-order chi connectivity index (χ1) is 9.66. The highest BCUT2D eigenvalue weighted by atomic mass is 32.2. The Kier molecular flexibility index (Phi) is 5.41. The van der Waals surface area contributed by atoms with Crippen molar-refractivity contribution in [3.8, 4) is 6.07 Å². The molecule has 8 heteroatoms. The van der Waals surface area contributed by atoms with Crippen molar-refractivity contribution in [1.82, 2.24) is 4.72 Å². The van der Waals surface area contributed by atoms with Crippen molar-refractivity contribution in [2.45, 2.75) is 25.6 Å². The van der Waals surface area contributed by atoms with Crippen molar-refractivity contribution in [3.63, 3.8) is 0 Å². The van der Waals surface area contributed by atoms with Gasteiger partial charge in [0.05, 0.1) is 17.4 Å². The first kappa shape index (κ1) is 17.1. The molecule has 0 aliphatic carbocycles. The molecular weight excluding hydrogens is 299 g/mol. The van der Waals surface area contributed by atoms with Crippen LogP contribution in [0.2, 0.25) is 0 Å². The first-order valence-corrected chi connectivity index (χ1v) is 7.73. The number of nitrogens with one attached hydrogen (secondary N) is 1. The van der Waals surface area contributed by atoms with Gasteiger partial charge in [0.25, 0.3) is 0 Å². The van der Waals surface area contributed by atoms with Gasteiger partial charge in [-0.05, 0) is 23.6 Å². The maximum Gasteiger partial charge on any atom is 0.321 e. The minimum atomic E-state index is -3.97. The molecular formula is C13H15FN2O4S. The van der Waals surface area contributed by atoms with Crippen LogP contribution in [0.4, 0.5) is 4.39 Å². The van der Waals surface area contributed by atoms with Gasteiger partial charge in [0.1, 0.15) is 11.9 Å². The maximum absolute atomic E-state index is 13.0. The zero-order chi connectivity index (χ0) is 16.2. The van der Waals surface area contributed by atoms with Crippen molar-refractivity contribution >= 4 is 16.0 Å². The van der Waals surface area contributed by atoms with Gasteiger partial charge in [0, 0.05) is 0 Å². The monoisotopic (exact) mass is 314 g/mol. The molecule has 1 aromatic carbocycles. The Morgan fingerprint density at radius 3 is 2.57 bits per heavy atom. The van der Waals surface area contributed by atoms with E-state index >= 15 is 0 Å². The van der Waals surface area contributed by atoms with Gasteiger partial charge in [-0.15, -0.1) is 0 Å². The topological polar surface area (TPSA) is 107 Å². The van der Waals surface area contributed by atoms with Crippen LogP contribution in [0.1, 0.15) is 25.0 Å². The van der Waals surface area contributed by atoms with E-state index < -0.39 is 39.5 Å². The molecule has 0 aromatic heterocycles. The average Bonchev–Trinajstić information content (AvgIpc) is 2.37. The van der Waals surface area contributed by atoms with Gasteiger partial charge in [-0.3, -0.25) is 4.79 Å². The Balaban J connectivity index is 3.01. The fraction of sp³-hybridized carbons (Fsp3) is 0.385. The van der Waals surface area contributed by atoms with Crippen molar-refractivity contribution in [1.29, 1.82) is 5.26 Å². The molecule has 0 saturated carbocycles. The number of hydrogen-bond acceptors (Lipinski definition) is 4. The lowest BCUT2D eigenvalue weighted by Gasteiger charge is -2.18. The zero-order valence-corrected chi connectivity index (χ0v) is 12.3. The highest BCUT2D eigenvalue weighted by Gasteiger charge is 2.27. The number of rotatable bonds is 6. The SMILES string of the molecule is CC(C)[C@H](NS(=O)(=O)Cc1ccc(F)cc1C#N)C(=O)O. The second-order valence-electron chi connectivity index (χ2n) is 4.85. The molecule has 6 nitrogen and oxygen atoms in total. The quantitative estimate of drug-likeness (QED) is 0.821. The molecule has 2 N–H and O–H groups in total. The van der Waals surface area contributed by atoms with E-state index in [1.54, 1.807) is 19.9 Å². The molecule has 0 aliphatic rings. The summed E-state index contributed by atoms with van der Waals surface area (Å²) in [6.07, 6.45) is 0. The van der Waals surface area contributed by atoms with Crippen molar-refractivity contribution in [3.05, 3.63) is 35.1 Å². The Bertz CT molecular complexity index is 680. The van der Waals surface area contributed by atoms with Crippen LogP contribution in [0, 0.1) is 23.1 Å². The lowest BCUT2D eigenvalue weighted by Crippen LogP contribution is -2.44. The second-order valence-corrected chi connectivity index (χ2v) is 6.60. The highest BCUT2D eigenvalue weighted by molar-refractivity contribution is 7.88. The molecule has 114 valence electrons. The molecule has 0 heterocycles. The van der Waals surface area contributed by atoms with Crippen LogP contribution in [0.25, 0.3) is 0 Å². The number of hydrogen-bond donors (Lipinski definition) is 2. The fourth-order valence-electron chi connectivity index (χ4n) is 1.69. The predicted octanol–water partition coefficient (Wildman–Crippen LogP) is 1.23. The van der Waals surface area contributed by atoms with Crippen molar-refractivity contribution < 1.29 is 22.7 Å². The highest BCUT2D eigenvalue weighted by Crippen LogP contribution is 2.14. The summed E-state index contributed by atoms with van der Waals surface area (Å²) in [5.74, 6) is -2.97. The Morgan fingerprint density at radius 1 is 1.48 bits per heavy atom. The van der Waals surface area contributed by atoms with Gasteiger partial charge in [-0.1, -0.05) is 19.9 Å². The number of carbonyl (C=O) groups is 1. The van der Waals surface area contributed by atoms with Gasteiger partial charge < -0.3 is 5.11 Å². The van der Waals surface area contributed by atoms with Gasteiger partial charge in [-0.2, -0.15) is 5.26 Å². The molecule has 0 bridgehead atoms. The largest absolute Gasteiger partial charge is 0.480 e. The summed E-state index contributed by atoms with van der Waals surface area (Å²) < 4.78 is 39.1. The molecule has 0 aliphatic heterocycles. The third-order valence-electron chi connectivity index (χ3n) is 2.78. The maximum atomic E-state index is 13.0. The molecule has 0 radical (unpaired) electrons. The lowest BCUT2D eigenvalue weighted by atomic mass is 10.1. The van der Waals surface area contributed by atoms with Gasteiger partial charge in [0.2, 0.25) is 10.0 Å². The summed E-state index contributed by atoms with van der Waals surface area (Å²) in [5.41, 5.74) is 0.0103. The van der Waals surface area contributed by atoms with Gasteiger partial charge in [0.15, 0.2) is 0 Å². The van der Waals surface area contributed by atoms with Crippen molar-refractivity contribution in [2.75, 3.05) is 0 Å². The van der Waals surface area contributed by atoms with Gasteiger partial charge >= 0.3 is 5.97 Å². The van der Waals surface area contributed by atoms with Crippen LogP contribution >= 0.6 is 0 Å². The van der Waals surface area contributed by atoms with Crippen LogP contribution in [0.5, 0.6) is 0 Å². The first-order valence-electron chi connectivity index (χ1n) is 6.07. The Morgan fingerprint density at radius 2 is 2.10 bits per heavy atom. The van der Waals surface area contributed by atoms with E-state index in [2.05, 4.69) is 4.72 Å². The molecule has 0 amide bonds. The number of sulfonamides is 1. The molecule has 21 heavy (non-hydrogen) atoms. The summed E-state index contributed by atoms with van der Waals surface area (Å²) in [5, 5.41) is 17.9. The smallest absolute Gasteiger partial charge is 0.321 e. The molecule has 1 aromatic rings. The van der Waals surface area contributed by atoms with Crippen molar-refractivity contribution in [2.24, 2.45) is 5.92 Å². The summed E-state index contributed by atoms with van der Waals surface area (Å²) in [6, 6.07) is 3.62. The fourth-order valence-corrected chi connectivity index (χ4v) is 3.19. The Labute approximate surface area is 122 Å². The molecule has 1 rings (SSSR count). The molecule has 0 saturated heterocycles. The third kappa shape index (κ3) is 4.81. The van der Waals surface area contributed by atoms with E-state index in [9.17, 15) is 17.6 Å². The van der Waals surface area contributed by atoms with E-state index in [4.69, 9.17) is 10.4 Å². The van der Waals surface area contributed by atoms with Crippen LogP contribution in [0.3, 0.4) is 0 Å². The van der Waals surface area contributed by atoms with Crippen LogP contribution in [-0.2, 0) is 20.6 Å². The summed E-state index contributed by atoms with van der Waals surface area (Å²) >= 11 is 0. The summed E-state index contributed by atoms with van der Waals surface area (Å²) in [4.78, 5) is 11.0. The summed E-state index contributed by atoms with van der Waals surface area (Å²) in [7, 11) is -3.97. The predicted molar refractivity (Wildman–Crippen MR) is 73.1 cm³/mol. The molecule has 1 atom stereocenters. The lowest BCUT2D eigenvalue weighted by molar-refractivity contribution is -0.140. The number of carboxylic acid groups (broad SMARTS) is 1. The van der Waals surface area contributed by atoms with Crippen LogP contribution < -0.4 is 4.72 Å². The Hall–Kier alpha value is -1.98. The summed E-state index contributed by atoms with van der Waals surface area (Å²) in [6.45, 7) is 3.14. The average molecular weight is 314 g/mol. The number of aliphatic carboxylic acids is 1. The zero-order valence-electron chi connectivity index (χ0n) is 11.5. The number of nitriles is 1. The van der Waals surface area contributed by atoms with Crippen LogP contribution in [0.15, 0.2) is 18.2 Å². The molecule has 0 fully saturated rings. The van der Waals surface area contributed by atoms with E-state index in [1.165, 1.54) is 6.07 Å². The molecule has 0 spiro atoms. The van der Waals surface area contributed by atoms with Gasteiger partial charge in [-0.25, -0.2) is 17.5 Å². The minimum Gasteiger partial charge on any atom is -0.480 e. The van der Waals surface area contributed by atoms with E-state index in [-0.39, 0.29) is 11.1 Å². The minimum absolute atomic E-state index is 0.100. The number of nitrogens with zero attached hydrogens (tertiary/aromatic N) is 1. The number of benzene rings is 1. The normalized spacial score (nSPS) is 12.9. The standard InChI is InChI=1S/C13H15FN2O4S/c1-8(2)12(13(17)18)16-21(19,20)7-9-3-4-11(14)5-10(9)6-15/h3-5,8,12,16H,7H2,1-2H3,(H,17,18)/t12-/m0/s1. The number of halogens is 1. The molecule has 0 unspecified atom stereocenters. The van der Waals surface area contributed by atoms with E-state index in [0.29, 0.717) is 0 Å². The van der Waals surface area contributed by atoms with E-state index in [1.807, 2.05) is 0 Å². The third-order valence-corrected chi connectivity index (χ3v) is 4.08. The second kappa shape index (κ2) is 6.65. The number of carboxylic acids is 1.